The number of aromatic nitrogens is 1. The van der Waals surface area contributed by atoms with Crippen LogP contribution in [0.3, 0.4) is 0 Å². The van der Waals surface area contributed by atoms with E-state index in [2.05, 4.69) is 4.90 Å². The topological polar surface area (TPSA) is 81.1 Å². The van der Waals surface area contributed by atoms with Crippen LogP contribution in [0.15, 0.2) is 35.1 Å². The van der Waals surface area contributed by atoms with Crippen molar-refractivity contribution in [1.82, 2.24) is 14.4 Å². The number of nitrogens with zero attached hydrogens (tertiary/aromatic N) is 3. The molecule has 0 spiro atoms. The predicted octanol–water partition coefficient (Wildman–Crippen LogP) is 2.20. The summed E-state index contributed by atoms with van der Waals surface area (Å²) >= 11 is 5.99. The van der Waals surface area contributed by atoms with Crippen molar-refractivity contribution in [1.29, 1.82) is 0 Å². The zero-order valence-corrected chi connectivity index (χ0v) is 19.6. The van der Waals surface area contributed by atoms with Gasteiger partial charge in [0.15, 0.2) is 0 Å². The standard InChI is InChI=1S/C24H28ClN3O5/c1-26-13-17(11-21(26)29)15-33-20-12-22(30)28-10-9-27(14-16-3-5-18(25)6-4-16)8-7-19(28)23(20)24(31)32-2/h3-6,12,17H,7-11,13-15H2,1-2H3/t17-/m0/s1. The molecular formula is C24H28ClN3O5. The molecule has 4 rings (SSSR count). The van der Waals surface area contributed by atoms with E-state index in [-0.39, 0.29) is 29.7 Å². The number of hydrogen-bond acceptors (Lipinski definition) is 6. The Labute approximate surface area is 197 Å². The Kier molecular flexibility index (Phi) is 7.05. The maximum atomic E-state index is 12.9. The first-order valence-electron chi connectivity index (χ1n) is 11.0. The van der Waals surface area contributed by atoms with Gasteiger partial charge in [-0.05, 0) is 17.7 Å². The van der Waals surface area contributed by atoms with E-state index in [1.165, 1.54) is 13.2 Å². The van der Waals surface area contributed by atoms with Gasteiger partial charge in [0.25, 0.3) is 5.56 Å². The average molecular weight is 474 g/mol. The zero-order valence-electron chi connectivity index (χ0n) is 18.9. The van der Waals surface area contributed by atoms with E-state index in [9.17, 15) is 14.4 Å². The Morgan fingerprint density at radius 1 is 1.15 bits per heavy atom. The number of likely N-dealkylation sites (tertiary alicyclic amines) is 1. The number of fused-ring (bicyclic) bond motifs is 1. The lowest BCUT2D eigenvalue weighted by atomic mass is 10.1. The summed E-state index contributed by atoms with van der Waals surface area (Å²) in [5, 5.41) is 0.692. The number of hydrogen-bond donors (Lipinski definition) is 0. The third-order valence-corrected chi connectivity index (χ3v) is 6.54. The van der Waals surface area contributed by atoms with Crippen LogP contribution in [0.5, 0.6) is 5.75 Å². The van der Waals surface area contributed by atoms with Crippen molar-refractivity contribution in [2.75, 3.05) is 40.4 Å². The van der Waals surface area contributed by atoms with Crippen LogP contribution >= 0.6 is 11.6 Å². The van der Waals surface area contributed by atoms with E-state index in [4.69, 9.17) is 21.1 Å². The number of carbonyl (C=O) groups excluding carboxylic acids is 2. The van der Waals surface area contributed by atoms with Gasteiger partial charge in [-0.2, -0.15) is 0 Å². The molecule has 3 heterocycles. The number of halogens is 1. The second-order valence-corrected chi connectivity index (χ2v) is 9.06. The first kappa shape index (κ1) is 23.3. The van der Waals surface area contributed by atoms with Gasteiger partial charge in [-0.3, -0.25) is 14.5 Å². The Hall–Kier alpha value is -2.84. The van der Waals surface area contributed by atoms with Crippen LogP contribution in [0.1, 0.15) is 28.0 Å². The summed E-state index contributed by atoms with van der Waals surface area (Å²) in [4.78, 5) is 41.4. The number of methoxy groups -OCH3 is 1. The van der Waals surface area contributed by atoms with Crippen LogP contribution in [-0.2, 0) is 29.0 Å². The van der Waals surface area contributed by atoms with E-state index in [0.717, 1.165) is 12.1 Å². The molecule has 0 radical (unpaired) electrons. The summed E-state index contributed by atoms with van der Waals surface area (Å²) in [7, 11) is 3.08. The van der Waals surface area contributed by atoms with Crippen molar-refractivity contribution in [2.45, 2.75) is 25.9 Å². The van der Waals surface area contributed by atoms with Crippen molar-refractivity contribution < 1.29 is 19.1 Å². The van der Waals surface area contributed by atoms with Crippen LogP contribution < -0.4 is 10.3 Å². The molecule has 1 aromatic heterocycles. The normalized spacial score (nSPS) is 18.7. The van der Waals surface area contributed by atoms with Gasteiger partial charge in [-0.1, -0.05) is 23.7 Å². The minimum absolute atomic E-state index is 0.0180. The van der Waals surface area contributed by atoms with Gasteiger partial charge in [0.2, 0.25) is 5.91 Å². The van der Waals surface area contributed by atoms with E-state index < -0.39 is 5.97 Å². The summed E-state index contributed by atoms with van der Waals surface area (Å²) in [5.41, 5.74) is 1.84. The molecule has 8 nitrogen and oxygen atoms in total. The monoisotopic (exact) mass is 473 g/mol. The van der Waals surface area contributed by atoms with E-state index in [1.54, 1.807) is 16.5 Å². The third-order valence-electron chi connectivity index (χ3n) is 6.29. The molecule has 0 unspecified atom stereocenters. The van der Waals surface area contributed by atoms with Crippen LogP contribution in [0, 0.1) is 5.92 Å². The largest absolute Gasteiger partial charge is 0.492 e. The Balaban J connectivity index is 1.56. The van der Waals surface area contributed by atoms with E-state index in [1.807, 2.05) is 24.3 Å². The molecule has 2 aromatic rings. The Morgan fingerprint density at radius 2 is 1.91 bits per heavy atom. The van der Waals surface area contributed by atoms with Crippen molar-refractivity contribution in [2.24, 2.45) is 5.92 Å². The predicted molar refractivity (Wildman–Crippen MR) is 124 cm³/mol. The minimum Gasteiger partial charge on any atom is -0.492 e. The molecule has 9 heteroatoms. The van der Waals surface area contributed by atoms with Crippen LogP contribution in [0.25, 0.3) is 0 Å². The number of pyridine rings is 1. The summed E-state index contributed by atoms with van der Waals surface area (Å²) in [5.74, 6) is -0.213. The number of benzene rings is 1. The molecule has 0 saturated carbocycles. The van der Waals surface area contributed by atoms with Gasteiger partial charge in [0.05, 0.1) is 13.7 Å². The molecule has 2 aliphatic rings. The molecule has 0 bridgehead atoms. The average Bonchev–Trinajstić information content (AvgIpc) is 2.98. The second-order valence-electron chi connectivity index (χ2n) is 8.62. The van der Waals surface area contributed by atoms with E-state index >= 15 is 0 Å². The summed E-state index contributed by atoms with van der Waals surface area (Å²) in [6.45, 7) is 3.39. The first-order valence-corrected chi connectivity index (χ1v) is 11.4. The van der Waals surface area contributed by atoms with Crippen LogP contribution in [0.2, 0.25) is 5.02 Å². The van der Waals surface area contributed by atoms with Gasteiger partial charge in [-0.25, -0.2) is 4.79 Å². The fourth-order valence-electron chi connectivity index (χ4n) is 4.51. The minimum atomic E-state index is -0.528. The van der Waals surface area contributed by atoms with Gasteiger partial charge < -0.3 is 18.9 Å². The molecule has 1 amide bonds. The van der Waals surface area contributed by atoms with Crippen molar-refractivity contribution in [3.63, 3.8) is 0 Å². The molecule has 1 atom stereocenters. The molecule has 1 saturated heterocycles. The number of rotatable bonds is 6. The lowest BCUT2D eigenvalue weighted by Gasteiger charge is -2.19. The lowest BCUT2D eigenvalue weighted by molar-refractivity contribution is -0.126. The highest BCUT2D eigenvalue weighted by atomic mass is 35.5. The highest BCUT2D eigenvalue weighted by molar-refractivity contribution is 6.30. The zero-order chi connectivity index (χ0) is 23.5. The maximum Gasteiger partial charge on any atom is 0.343 e. The van der Waals surface area contributed by atoms with Crippen LogP contribution in [-0.4, -0.2) is 66.6 Å². The van der Waals surface area contributed by atoms with Gasteiger partial charge in [0, 0.05) is 75.3 Å². The second kappa shape index (κ2) is 9.97. The molecule has 1 aromatic carbocycles. The highest BCUT2D eigenvalue weighted by Gasteiger charge is 2.30. The fraction of sp³-hybridized carbons (Fsp3) is 0.458. The Bertz CT molecular complexity index is 1100. The summed E-state index contributed by atoms with van der Waals surface area (Å²) in [6, 6.07) is 9.07. The SMILES string of the molecule is COC(=O)c1c(OC[C@H]2CC(=O)N(C)C2)cc(=O)n2c1CCN(Cc1ccc(Cl)cc1)CC2. The number of amides is 1. The summed E-state index contributed by atoms with van der Waals surface area (Å²) in [6.07, 6.45) is 0.906. The van der Waals surface area contributed by atoms with Gasteiger partial charge in [0.1, 0.15) is 11.3 Å². The molecular weight excluding hydrogens is 446 g/mol. The highest BCUT2D eigenvalue weighted by Crippen LogP contribution is 2.26. The maximum absolute atomic E-state index is 12.9. The number of esters is 1. The molecule has 0 N–H and O–H groups in total. The van der Waals surface area contributed by atoms with Gasteiger partial charge in [-0.15, -0.1) is 0 Å². The smallest absolute Gasteiger partial charge is 0.343 e. The molecule has 2 aliphatic heterocycles. The fourth-order valence-corrected chi connectivity index (χ4v) is 4.64. The molecule has 0 aliphatic carbocycles. The van der Waals surface area contributed by atoms with Gasteiger partial charge >= 0.3 is 5.97 Å². The number of ether oxygens (including phenoxy) is 2. The van der Waals surface area contributed by atoms with Crippen molar-refractivity contribution in [3.05, 3.63) is 62.5 Å². The van der Waals surface area contributed by atoms with Crippen molar-refractivity contribution in [3.8, 4) is 5.75 Å². The quantitative estimate of drug-likeness (QED) is 0.598. The van der Waals surface area contributed by atoms with E-state index in [0.29, 0.717) is 55.3 Å². The van der Waals surface area contributed by atoms with Crippen LogP contribution in [0.4, 0.5) is 0 Å². The Morgan fingerprint density at radius 3 is 2.58 bits per heavy atom. The summed E-state index contributed by atoms with van der Waals surface area (Å²) < 4.78 is 12.6. The number of carbonyl (C=O) groups is 2. The third kappa shape index (κ3) is 5.23. The lowest BCUT2D eigenvalue weighted by Crippen LogP contribution is -2.29. The first-order chi connectivity index (χ1) is 15.9. The molecule has 33 heavy (non-hydrogen) atoms. The van der Waals surface area contributed by atoms with Crippen molar-refractivity contribution >= 4 is 23.5 Å². The molecule has 176 valence electrons. The molecule has 1 fully saturated rings.